The first-order valence-corrected chi connectivity index (χ1v) is 9.56. The first-order chi connectivity index (χ1) is 12.2. The van der Waals surface area contributed by atoms with Crippen LogP contribution in [-0.4, -0.2) is 12.5 Å². The summed E-state index contributed by atoms with van der Waals surface area (Å²) in [6.45, 7) is 2.89. The highest BCUT2D eigenvalue weighted by atomic mass is 79.9. The summed E-state index contributed by atoms with van der Waals surface area (Å²) < 4.78 is 1.05. The minimum atomic E-state index is 0.0965. The minimum Gasteiger partial charge on any atom is -0.312 e. The van der Waals surface area contributed by atoms with Gasteiger partial charge in [-0.1, -0.05) is 65.3 Å². The molecule has 25 heavy (non-hydrogen) atoms. The maximum atomic E-state index is 12.9. The van der Waals surface area contributed by atoms with E-state index in [1.165, 1.54) is 21.9 Å². The molecule has 2 nitrogen and oxygen atoms in total. The maximum absolute atomic E-state index is 12.9. The fraction of sp³-hybridized carbons (Fsp3) is 0.227. The highest BCUT2D eigenvalue weighted by Gasteiger charge is 2.33. The van der Waals surface area contributed by atoms with E-state index in [1.807, 2.05) is 17.0 Å². The molecule has 0 aromatic heterocycles. The van der Waals surface area contributed by atoms with Gasteiger partial charge in [0.1, 0.15) is 0 Å². The van der Waals surface area contributed by atoms with Crippen molar-refractivity contribution >= 4 is 38.3 Å². The third kappa shape index (κ3) is 2.87. The average Bonchev–Trinajstić information content (AvgIpc) is 2.63. The van der Waals surface area contributed by atoms with E-state index in [0.717, 1.165) is 23.1 Å². The van der Waals surface area contributed by atoms with E-state index < -0.39 is 0 Å². The molecule has 0 N–H and O–H groups in total. The lowest BCUT2D eigenvalue weighted by atomic mass is 9.81. The van der Waals surface area contributed by atoms with Crippen molar-refractivity contribution < 1.29 is 4.79 Å². The van der Waals surface area contributed by atoms with E-state index in [4.69, 9.17) is 0 Å². The van der Waals surface area contributed by atoms with E-state index in [1.54, 1.807) is 0 Å². The Morgan fingerprint density at radius 2 is 1.92 bits per heavy atom. The normalized spacial score (nSPS) is 17.0. The zero-order valence-corrected chi connectivity index (χ0v) is 15.8. The molecule has 4 rings (SSSR count). The molecule has 0 radical (unpaired) electrons. The number of halogens is 1. The predicted octanol–water partition coefficient (Wildman–Crippen LogP) is 5.88. The monoisotopic (exact) mass is 393 g/mol. The Morgan fingerprint density at radius 1 is 1.08 bits per heavy atom. The zero-order valence-electron chi connectivity index (χ0n) is 14.2. The number of amides is 1. The van der Waals surface area contributed by atoms with Crippen LogP contribution in [0, 0.1) is 0 Å². The fourth-order valence-electron chi connectivity index (χ4n) is 3.88. The average molecular weight is 394 g/mol. The molecule has 1 aliphatic rings. The van der Waals surface area contributed by atoms with Crippen LogP contribution in [0.1, 0.15) is 36.8 Å². The zero-order chi connectivity index (χ0) is 17.4. The number of hydrogen-bond acceptors (Lipinski definition) is 1. The van der Waals surface area contributed by atoms with Crippen LogP contribution in [-0.2, 0) is 4.79 Å². The molecule has 1 heterocycles. The Morgan fingerprint density at radius 3 is 2.72 bits per heavy atom. The van der Waals surface area contributed by atoms with Crippen LogP contribution in [0.15, 0.2) is 65.1 Å². The third-order valence-electron chi connectivity index (χ3n) is 4.96. The van der Waals surface area contributed by atoms with Gasteiger partial charge < -0.3 is 4.90 Å². The van der Waals surface area contributed by atoms with Crippen LogP contribution in [0.4, 0.5) is 5.69 Å². The van der Waals surface area contributed by atoms with Crippen molar-refractivity contribution in [3.05, 3.63) is 76.3 Å². The van der Waals surface area contributed by atoms with Gasteiger partial charge in [-0.2, -0.15) is 0 Å². The Bertz CT molecular complexity index is 950. The van der Waals surface area contributed by atoms with Crippen LogP contribution in [0.3, 0.4) is 0 Å². The smallest absolute Gasteiger partial charge is 0.227 e. The highest BCUT2D eigenvalue weighted by Crippen LogP contribution is 2.44. The van der Waals surface area contributed by atoms with Gasteiger partial charge in [0, 0.05) is 29.0 Å². The Kier molecular flexibility index (Phi) is 4.34. The molecule has 0 saturated carbocycles. The molecule has 0 bridgehead atoms. The molecule has 0 saturated heterocycles. The summed E-state index contributed by atoms with van der Waals surface area (Å²) in [6.07, 6.45) is 1.48. The molecule has 3 aromatic carbocycles. The molecule has 0 spiro atoms. The number of hydrogen-bond donors (Lipinski definition) is 0. The number of carbonyl (C=O) groups excluding carboxylic acids is 1. The highest BCUT2D eigenvalue weighted by molar-refractivity contribution is 9.10. The summed E-state index contributed by atoms with van der Waals surface area (Å²) in [5, 5.41) is 2.48. The lowest BCUT2D eigenvalue weighted by molar-refractivity contribution is -0.119. The van der Waals surface area contributed by atoms with Crippen molar-refractivity contribution in [1.29, 1.82) is 0 Å². The van der Waals surface area contributed by atoms with Gasteiger partial charge in [0.2, 0.25) is 5.91 Å². The number of benzene rings is 3. The van der Waals surface area contributed by atoms with E-state index in [-0.39, 0.29) is 11.8 Å². The van der Waals surface area contributed by atoms with Gasteiger partial charge in [-0.15, -0.1) is 0 Å². The quantitative estimate of drug-likeness (QED) is 0.543. The molecule has 1 aliphatic heterocycles. The number of fused-ring (bicyclic) bond motifs is 3. The van der Waals surface area contributed by atoms with Gasteiger partial charge in [-0.25, -0.2) is 0 Å². The van der Waals surface area contributed by atoms with Crippen molar-refractivity contribution in [3.8, 4) is 0 Å². The molecular formula is C22H20BrNO. The Hall–Kier alpha value is -2.13. The second-order valence-corrected chi connectivity index (χ2v) is 7.49. The summed E-state index contributed by atoms with van der Waals surface area (Å²) in [7, 11) is 0. The van der Waals surface area contributed by atoms with Crippen molar-refractivity contribution in [1.82, 2.24) is 0 Å². The maximum Gasteiger partial charge on any atom is 0.227 e. The molecule has 3 heteroatoms. The van der Waals surface area contributed by atoms with Crippen molar-refractivity contribution in [2.45, 2.75) is 25.7 Å². The third-order valence-corrected chi connectivity index (χ3v) is 5.46. The lowest BCUT2D eigenvalue weighted by Gasteiger charge is -2.35. The second-order valence-electron chi connectivity index (χ2n) is 6.58. The summed E-state index contributed by atoms with van der Waals surface area (Å²) >= 11 is 3.57. The van der Waals surface area contributed by atoms with Gasteiger partial charge in [0.15, 0.2) is 0 Å². The second kappa shape index (κ2) is 6.64. The minimum absolute atomic E-state index is 0.0965. The van der Waals surface area contributed by atoms with Gasteiger partial charge in [0.05, 0.1) is 0 Å². The summed E-state index contributed by atoms with van der Waals surface area (Å²) in [5.74, 6) is 0.314. The Balaban J connectivity index is 1.98. The van der Waals surface area contributed by atoms with Crippen molar-refractivity contribution in [3.63, 3.8) is 0 Å². The predicted molar refractivity (Wildman–Crippen MR) is 107 cm³/mol. The fourth-order valence-corrected chi connectivity index (χ4v) is 4.30. The molecule has 1 unspecified atom stereocenters. The van der Waals surface area contributed by atoms with Crippen LogP contribution in [0.5, 0.6) is 0 Å². The van der Waals surface area contributed by atoms with Crippen LogP contribution < -0.4 is 4.90 Å². The van der Waals surface area contributed by atoms with Crippen molar-refractivity contribution in [2.24, 2.45) is 0 Å². The topological polar surface area (TPSA) is 20.3 Å². The van der Waals surface area contributed by atoms with E-state index in [0.29, 0.717) is 6.42 Å². The largest absolute Gasteiger partial charge is 0.312 e. The number of anilines is 1. The van der Waals surface area contributed by atoms with Gasteiger partial charge in [-0.3, -0.25) is 4.79 Å². The Labute approximate surface area is 156 Å². The number of carbonyl (C=O) groups is 1. The van der Waals surface area contributed by atoms with Crippen LogP contribution >= 0.6 is 15.9 Å². The molecular weight excluding hydrogens is 374 g/mol. The van der Waals surface area contributed by atoms with Crippen LogP contribution in [0.25, 0.3) is 10.8 Å². The molecule has 0 aliphatic carbocycles. The molecule has 0 fully saturated rings. The van der Waals surface area contributed by atoms with E-state index in [2.05, 4.69) is 71.4 Å². The lowest BCUT2D eigenvalue weighted by Crippen LogP contribution is -2.37. The summed E-state index contributed by atoms with van der Waals surface area (Å²) in [5.41, 5.74) is 3.54. The standard InChI is InChI=1S/C22H20BrNO/c1-2-12-24-20-11-10-15-6-3-4-9-18(15)22(20)19(14-21(24)25)16-7-5-8-17(23)13-16/h3-11,13,19H,2,12,14H2,1H3. The SMILES string of the molecule is CCCN1C(=O)CC(c2cccc(Br)c2)c2c1ccc1ccccc21. The molecule has 1 amide bonds. The van der Waals surface area contributed by atoms with Crippen molar-refractivity contribution in [2.75, 3.05) is 11.4 Å². The molecule has 1 atom stereocenters. The summed E-state index contributed by atoms with van der Waals surface area (Å²) in [4.78, 5) is 14.8. The molecule has 126 valence electrons. The van der Waals surface area contributed by atoms with E-state index >= 15 is 0 Å². The first-order valence-electron chi connectivity index (χ1n) is 8.76. The van der Waals surface area contributed by atoms with Gasteiger partial charge >= 0.3 is 0 Å². The first kappa shape index (κ1) is 16.3. The molecule has 3 aromatic rings. The summed E-state index contributed by atoms with van der Waals surface area (Å²) in [6, 6.07) is 21.1. The number of rotatable bonds is 3. The van der Waals surface area contributed by atoms with Gasteiger partial charge in [-0.05, 0) is 46.5 Å². The van der Waals surface area contributed by atoms with E-state index in [9.17, 15) is 4.79 Å². The number of nitrogens with zero attached hydrogens (tertiary/aromatic N) is 1. The van der Waals surface area contributed by atoms with Crippen LogP contribution in [0.2, 0.25) is 0 Å². The van der Waals surface area contributed by atoms with Gasteiger partial charge in [0.25, 0.3) is 0 Å².